The first-order valence-electron chi connectivity index (χ1n) is 10.2. The summed E-state index contributed by atoms with van der Waals surface area (Å²) in [5.74, 6) is 0.897. The Kier molecular flexibility index (Phi) is 5.43. The average molecular weight is 417 g/mol. The lowest BCUT2D eigenvalue weighted by atomic mass is 10.1. The van der Waals surface area contributed by atoms with Crippen molar-refractivity contribution in [3.8, 4) is 5.75 Å². The lowest BCUT2D eigenvalue weighted by Gasteiger charge is -2.27. The molecule has 5 nitrogen and oxygen atoms in total. The topological polar surface area (TPSA) is 54.0 Å². The predicted molar refractivity (Wildman–Crippen MR) is 121 cm³/mol. The van der Waals surface area contributed by atoms with Crippen molar-refractivity contribution in [2.24, 2.45) is 0 Å². The van der Waals surface area contributed by atoms with E-state index in [9.17, 15) is 0 Å². The quantitative estimate of drug-likeness (QED) is 0.361. The van der Waals surface area contributed by atoms with Gasteiger partial charge in [0.25, 0.3) is 0 Å². The Bertz CT molecular complexity index is 1160. The van der Waals surface area contributed by atoms with Gasteiger partial charge in [-0.15, -0.1) is 0 Å². The number of H-pyrrole nitrogens is 1. The predicted octanol–water partition coefficient (Wildman–Crippen LogP) is 4.82. The Labute approximate surface area is 180 Å². The number of rotatable bonds is 6. The fraction of sp³-hybridized carbons (Fsp3) is 0.250. The van der Waals surface area contributed by atoms with Crippen molar-refractivity contribution in [2.45, 2.75) is 31.3 Å². The Morgan fingerprint density at radius 2 is 2.07 bits per heavy atom. The van der Waals surface area contributed by atoms with E-state index in [4.69, 9.17) is 4.74 Å². The van der Waals surface area contributed by atoms with Crippen LogP contribution in [-0.2, 0) is 26.1 Å². The van der Waals surface area contributed by atoms with Crippen molar-refractivity contribution in [1.29, 1.82) is 0 Å². The number of hydrogen-bond donors (Lipinski definition) is 1. The summed E-state index contributed by atoms with van der Waals surface area (Å²) in [5, 5.41) is 2.09. The third kappa shape index (κ3) is 4.06. The molecular weight excluding hydrogens is 392 g/mol. The van der Waals surface area contributed by atoms with Gasteiger partial charge in [-0.3, -0.25) is 4.90 Å². The first-order chi connectivity index (χ1) is 14.8. The van der Waals surface area contributed by atoms with E-state index in [1.807, 2.05) is 36.7 Å². The summed E-state index contributed by atoms with van der Waals surface area (Å²) in [6.07, 6.45) is 7.10. The van der Waals surface area contributed by atoms with Crippen molar-refractivity contribution >= 4 is 22.7 Å². The molecule has 1 aliphatic heterocycles. The van der Waals surface area contributed by atoms with Gasteiger partial charge in [0.05, 0.1) is 5.69 Å². The second kappa shape index (κ2) is 8.50. The highest BCUT2D eigenvalue weighted by Gasteiger charge is 2.19. The van der Waals surface area contributed by atoms with Crippen molar-refractivity contribution < 1.29 is 4.74 Å². The molecule has 2 aromatic carbocycles. The van der Waals surface area contributed by atoms with Crippen LogP contribution in [0.25, 0.3) is 10.9 Å². The van der Waals surface area contributed by atoms with Crippen molar-refractivity contribution in [3.05, 3.63) is 83.3 Å². The summed E-state index contributed by atoms with van der Waals surface area (Å²) in [4.78, 5) is 15.0. The number of fused-ring (bicyclic) bond motifs is 2. The number of nitrogens with one attached hydrogen (secondary N) is 1. The van der Waals surface area contributed by atoms with E-state index in [1.165, 1.54) is 27.8 Å². The summed E-state index contributed by atoms with van der Waals surface area (Å²) < 4.78 is 6.04. The van der Waals surface area contributed by atoms with Crippen LogP contribution in [0.2, 0.25) is 0 Å². The standard InChI is InChI=1S/C24H24N4OS/c1-30-24-26-13-19-15-28(10-9-22(19)27-24)14-18-12-25-23-8-7-20(11-21(18)23)29-16-17-5-3-2-4-6-17/h2-8,11-13,25H,9-10,14-16H2,1H3. The van der Waals surface area contributed by atoms with Crippen molar-refractivity contribution in [2.75, 3.05) is 12.8 Å². The van der Waals surface area contributed by atoms with Gasteiger partial charge in [0.15, 0.2) is 5.16 Å². The van der Waals surface area contributed by atoms with Gasteiger partial charge in [-0.25, -0.2) is 9.97 Å². The SMILES string of the molecule is CSc1ncc2c(n1)CCN(Cc1c[nH]c3ccc(OCc4ccccc4)cc13)C2. The minimum atomic E-state index is 0.576. The summed E-state index contributed by atoms with van der Waals surface area (Å²) in [7, 11) is 0. The number of aromatic nitrogens is 3. The van der Waals surface area contributed by atoms with Crippen LogP contribution in [0.5, 0.6) is 5.75 Å². The molecule has 0 spiro atoms. The largest absolute Gasteiger partial charge is 0.489 e. The minimum Gasteiger partial charge on any atom is -0.489 e. The fourth-order valence-corrected chi connectivity index (χ4v) is 4.31. The van der Waals surface area contributed by atoms with Crippen LogP contribution in [-0.4, -0.2) is 32.7 Å². The molecule has 30 heavy (non-hydrogen) atoms. The van der Waals surface area contributed by atoms with Gasteiger partial charge < -0.3 is 9.72 Å². The third-order valence-corrected chi connectivity index (χ3v) is 6.12. The molecule has 0 saturated carbocycles. The van der Waals surface area contributed by atoms with E-state index < -0.39 is 0 Å². The van der Waals surface area contributed by atoms with E-state index >= 15 is 0 Å². The van der Waals surface area contributed by atoms with Crippen LogP contribution in [0.4, 0.5) is 0 Å². The molecule has 1 N–H and O–H groups in total. The Hall–Kier alpha value is -2.83. The Morgan fingerprint density at radius 3 is 2.93 bits per heavy atom. The van der Waals surface area contributed by atoms with Crippen LogP contribution in [0, 0.1) is 0 Å². The van der Waals surface area contributed by atoms with E-state index in [1.54, 1.807) is 11.8 Å². The number of benzene rings is 2. The molecule has 4 aromatic rings. The van der Waals surface area contributed by atoms with Crippen LogP contribution < -0.4 is 4.74 Å². The maximum atomic E-state index is 6.04. The Morgan fingerprint density at radius 1 is 1.17 bits per heavy atom. The van der Waals surface area contributed by atoms with Gasteiger partial charge in [0.1, 0.15) is 12.4 Å². The van der Waals surface area contributed by atoms with Gasteiger partial charge in [-0.1, -0.05) is 42.1 Å². The Balaban J connectivity index is 1.31. The highest BCUT2D eigenvalue weighted by atomic mass is 32.2. The molecule has 1 aliphatic rings. The second-order valence-corrected chi connectivity index (χ2v) is 8.36. The molecule has 0 saturated heterocycles. The summed E-state index contributed by atoms with van der Waals surface area (Å²) in [6, 6.07) is 16.5. The minimum absolute atomic E-state index is 0.576. The fourth-order valence-electron chi connectivity index (χ4n) is 3.95. The smallest absolute Gasteiger partial charge is 0.187 e. The van der Waals surface area contributed by atoms with Crippen LogP contribution in [0.1, 0.15) is 22.4 Å². The molecule has 0 aliphatic carbocycles. The van der Waals surface area contributed by atoms with Gasteiger partial charge >= 0.3 is 0 Å². The lowest BCUT2D eigenvalue weighted by molar-refractivity contribution is 0.243. The van der Waals surface area contributed by atoms with Gasteiger partial charge in [0.2, 0.25) is 0 Å². The van der Waals surface area contributed by atoms with Crippen LogP contribution in [0.3, 0.4) is 0 Å². The molecule has 0 radical (unpaired) electrons. The molecule has 5 rings (SSSR count). The zero-order valence-electron chi connectivity index (χ0n) is 17.0. The number of ether oxygens (including phenoxy) is 1. The molecule has 2 aromatic heterocycles. The molecule has 0 fully saturated rings. The molecule has 152 valence electrons. The lowest BCUT2D eigenvalue weighted by Crippen LogP contribution is -2.30. The zero-order valence-corrected chi connectivity index (χ0v) is 17.8. The monoisotopic (exact) mass is 416 g/mol. The number of thioether (sulfide) groups is 1. The third-order valence-electron chi connectivity index (χ3n) is 5.55. The second-order valence-electron chi connectivity index (χ2n) is 7.58. The van der Waals surface area contributed by atoms with Gasteiger partial charge in [-0.2, -0.15) is 0 Å². The summed E-state index contributed by atoms with van der Waals surface area (Å²) in [6.45, 7) is 3.37. The maximum Gasteiger partial charge on any atom is 0.187 e. The van der Waals surface area contributed by atoms with Crippen molar-refractivity contribution in [3.63, 3.8) is 0 Å². The molecule has 0 unspecified atom stereocenters. The van der Waals surface area contributed by atoms with Gasteiger partial charge in [0, 0.05) is 54.9 Å². The molecule has 0 bridgehead atoms. The summed E-state index contributed by atoms with van der Waals surface area (Å²) >= 11 is 1.60. The number of hydrogen-bond acceptors (Lipinski definition) is 5. The average Bonchev–Trinajstić information content (AvgIpc) is 3.20. The van der Waals surface area contributed by atoms with E-state index in [-0.39, 0.29) is 0 Å². The van der Waals surface area contributed by atoms with Crippen molar-refractivity contribution in [1.82, 2.24) is 19.9 Å². The molecule has 0 amide bonds. The van der Waals surface area contributed by atoms with E-state index in [0.717, 1.165) is 42.5 Å². The highest BCUT2D eigenvalue weighted by Crippen LogP contribution is 2.27. The zero-order chi connectivity index (χ0) is 20.3. The number of aromatic amines is 1. The molecule has 3 heterocycles. The van der Waals surface area contributed by atoms with E-state index in [0.29, 0.717) is 6.61 Å². The first kappa shape index (κ1) is 19.2. The molecule has 0 atom stereocenters. The van der Waals surface area contributed by atoms with Gasteiger partial charge in [-0.05, 0) is 35.6 Å². The first-order valence-corrected chi connectivity index (χ1v) is 11.4. The maximum absolute atomic E-state index is 6.04. The van der Waals surface area contributed by atoms with Crippen LogP contribution in [0.15, 0.2) is 66.1 Å². The van der Waals surface area contributed by atoms with E-state index in [2.05, 4.69) is 50.3 Å². The molecular formula is C24H24N4OS. The summed E-state index contributed by atoms with van der Waals surface area (Å²) in [5.41, 5.74) is 6.04. The highest BCUT2D eigenvalue weighted by molar-refractivity contribution is 7.98. The van der Waals surface area contributed by atoms with Crippen LogP contribution >= 0.6 is 11.8 Å². The number of nitrogens with zero attached hydrogens (tertiary/aromatic N) is 3. The molecule has 6 heteroatoms. The normalized spacial score (nSPS) is 14.0.